The second-order valence-corrected chi connectivity index (χ2v) is 7.99. The summed E-state index contributed by atoms with van der Waals surface area (Å²) in [6.45, 7) is 3.28. The lowest BCUT2D eigenvalue weighted by atomic mass is 10.0. The molecule has 0 aliphatic heterocycles. The molecule has 2 aromatic carbocycles. The van der Waals surface area contributed by atoms with Crippen molar-refractivity contribution in [3.63, 3.8) is 0 Å². The number of ether oxygens (including phenoxy) is 1. The van der Waals surface area contributed by atoms with Gasteiger partial charge in [0.05, 0.1) is 19.3 Å². The number of rotatable bonds is 12. The van der Waals surface area contributed by atoms with Crippen LogP contribution in [0.2, 0.25) is 0 Å². The van der Waals surface area contributed by atoms with Crippen LogP contribution in [0.1, 0.15) is 25.3 Å². The topological polar surface area (TPSA) is 82.0 Å². The molecule has 158 valence electrons. The fraction of sp³-hybridized carbons (Fsp3) is 0.409. The third kappa shape index (κ3) is 8.35. The number of benzene rings is 2. The first-order valence-corrected chi connectivity index (χ1v) is 10.6. The fourth-order valence-electron chi connectivity index (χ4n) is 2.94. The third-order valence-electron chi connectivity index (χ3n) is 4.52. The Kier molecular flexibility index (Phi) is 9.83. The van der Waals surface area contributed by atoms with Crippen LogP contribution in [0.4, 0.5) is 4.79 Å². The molecule has 0 fully saturated rings. The summed E-state index contributed by atoms with van der Waals surface area (Å²) in [4.78, 5) is 12.3. The molecule has 3 N–H and O–H groups in total. The van der Waals surface area contributed by atoms with Gasteiger partial charge in [-0.1, -0.05) is 43.7 Å². The van der Waals surface area contributed by atoms with Gasteiger partial charge in [-0.3, -0.25) is 0 Å². The summed E-state index contributed by atoms with van der Waals surface area (Å²) in [7, 11) is 1.63. The van der Waals surface area contributed by atoms with Crippen LogP contribution in [0.3, 0.4) is 0 Å². The number of hydrogen-bond donors (Lipinski definition) is 3. The molecule has 0 bridgehead atoms. The molecule has 0 radical (unpaired) electrons. The van der Waals surface area contributed by atoms with Gasteiger partial charge in [-0.05, 0) is 54.6 Å². The molecular formula is C22H30N2O4S. The summed E-state index contributed by atoms with van der Waals surface area (Å²) in [6, 6.07) is 16.8. The first-order chi connectivity index (χ1) is 14.0. The zero-order valence-electron chi connectivity index (χ0n) is 17.0. The van der Waals surface area contributed by atoms with Gasteiger partial charge in [0, 0.05) is 18.0 Å². The van der Waals surface area contributed by atoms with Gasteiger partial charge < -0.3 is 20.3 Å². The lowest BCUT2D eigenvalue weighted by molar-refractivity contribution is 0.102. The van der Waals surface area contributed by atoms with E-state index in [1.807, 2.05) is 54.6 Å². The number of aliphatic hydroxyl groups is 1. The van der Waals surface area contributed by atoms with Gasteiger partial charge in [-0.15, -0.1) is 0 Å². The van der Waals surface area contributed by atoms with E-state index in [9.17, 15) is 15.0 Å². The number of unbranched alkanes of at least 4 members (excludes halogenated alkanes) is 1. The van der Waals surface area contributed by atoms with E-state index in [0.717, 1.165) is 35.6 Å². The number of aliphatic hydroxyl groups excluding tert-OH is 1. The summed E-state index contributed by atoms with van der Waals surface area (Å²) in [5.41, 5.74) is 0.980. The van der Waals surface area contributed by atoms with Crippen molar-refractivity contribution in [3.05, 3.63) is 60.2 Å². The second-order valence-electron chi connectivity index (χ2n) is 6.82. The minimum absolute atomic E-state index is 0.356. The number of carbonyl (C=O) groups is 1. The quantitative estimate of drug-likeness (QED) is 0.451. The molecule has 2 unspecified atom stereocenters. The molecule has 0 aliphatic rings. The Morgan fingerprint density at radius 1 is 1.17 bits per heavy atom. The van der Waals surface area contributed by atoms with Gasteiger partial charge >= 0.3 is 6.09 Å². The van der Waals surface area contributed by atoms with Crippen LogP contribution >= 0.6 is 11.9 Å². The Bertz CT molecular complexity index is 727. The Hall–Kier alpha value is -2.22. The predicted octanol–water partition coefficient (Wildman–Crippen LogP) is 4.04. The minimum atomic E-state index is -1.13. The lowest BCUT2D eigenvalue weighted by Crippen LogP contribution is -2.48. The molecule has 6 nitrogen and oxygen atoms in total. The molecule has 0 heterocycles. The second kappa shape index (κ2) is 12.4. The van der Waals surface area contributed by atoms with E-state index in [-0.39, 0.29) is 0 Å². The van der Waals surface area contributed by atoms with Crippen LogP contribution in [0.5, 0.6) is 5.75 Å². The Morgan fingerprint density at radius 3 is 2.45 bits per heavy atom. The van der Waals surface area contributed by atoms with Crippen LogP contribution < -0.4 is 10.1 Å². The van der Waals surface area contributed by atoms with Crippen molar-refractivity contribution >= 4 is 18.0 Å². The van der Waals surface area contributed by atoms with Crippen molar-refractivity contribution in [1.82, 2.24) is 9.62 Å². The molecule has 0 aliphatic carbocycles. The smallest absolute Gasteiger partial charge is 0.404 e. The van der Waals surface area contributed by atoms with E-state index in [4.69, 9.17) is 4.74 Å². The van der Waals surface area contributed by atoms with Gasteiger partial charge in [-0.2, -0.15) is 0 Å². The average molecular weight is 419 g/mol. The fourth-order valence-corrected chi connectivity index (χ4v) is 3.94. The van der Waals surface area contributed by atoms with Crippen LogP contribution in [-0.4, -0.2) is 53.0 Å². The third-order valence-corrected chi connectivity index (χ3v) is 5.59. The van der Waals surface area contributed by atoms with E-state index in [0.29, 0.717) is 13.0 Å². The highest BCUT2D eigenvalue weighted by Crippen LogP contribution is 2.26. The monoisotopic (exact) mass is 418 g/mol. The number of methoxy groups -OCH3 is 1. The van der Waals surface area contributed by atoms with Crippen molar-refractivity contribution in [2.24, 2.45) is 0 Å². The first-order valence-electron chi connectivity index (χ1n) is 9.80. The highest BCUT2D eigenvalue weighted by molar-refractivity contribution is 7.97. The number of amides is 1. The molecule has 2 atom stereocenters. The minimum Gasteiger partial charge on any atom is -0.497 e. The zero-order chi connectivity index (χ0) is 21.1. The largest absolute Gasteiger partial charge is 0.497 e. The van der Waals surface area contributed by atoms with Crippen LogP contribution in [0, 0.1) is 0 Å². The molecular weight excluding hydrogens is 388 g/mol. The summed E-state index contributed by atoms with van der Waals surface area (Å²) < 4.78 is 7.30. The van der Waals surface area contributed by atoms with Gasteiger partial charge in [0.25, 0.3) is 0 Å². The molecule has 0 saturated heterocycles. The van der Waals surface area contributed by atoms with Crippen molar-refractivity contribution in [3.8, 4) is 5.75 Å². The molecule has 1 amide bonds. The molecule has 2 rings (SSSR count). The van der Waals surface area contributed by atoms with E-state index in [1.165, 1.54) is 0 Å². The maximum absolute atomic E-state index is 11.3. The molecule has 7 heteroatoms. The van der Waals surface area contributed by atoms with E-state index in [2.05, 4.69) is 16.5 Å². The standard InChI is InChI=1S/C22H30N2O4S/c1-3-4-14-24(29-19-12-10-18(28-2)11-13-19)16-21(25)20(23-22(26)27)15-17-8-6-5-7-9-17/h5-13,20-21,23,25H,3-4,14-16H2,1-2H3,(H,26,27). The Labute approximate surface area is 177 Å². The SMILES string of the molecule is CCCCN(CC(O)C(Cc1ccccc1)NC(=O)O)Sc1ccc(OC)cc1. The summed E-state index contributed by atoms with van der Waals surface area (Å²) >= 11 is 1.56. The van der Waals surface area contributed by atoms with Crippen molar-refractivity contribution < 1.29 is 19.7 Å². The van der Waals surface area contributed by atoms with Crippen molar-refractivity contribution in [2.75, 3.05) is 20.2 Å². The number of carboxylic acid groups (broad SMARTS) is 1. The van der Waals surface area contributed by atoms with Crippen LogP contribution in [0.25, 0.3) is 0 Å². The maximum atomic E-state index is 11.3. The summed E-state index contributed by atoms with van der Waals surface area (Å²) in [5, 5.41) is 22.5. The van der Waals surface area contributed by atoms with E-state index < -0.39 is 18.2 Å². The van der Waals surface area contributed by atoms with Crippen LogP contribution in [0.15, 0.2) is 59.5 Å². The zero-order valence-corrected chi connectivity index (χ0v) is 17.8. The number of hydrogen-bond acceptors (Lipinski definition) is 5. The molecule has 0 saturated carbocycles. The van der Waals surface area contributed by atoms with Crippen molar-refractivity contribution in [1.29, 1.82) is 0 Å². The van der Waals surface area contributed by atoms with Crippen LogP contribution in [-0.2, 0) is 6.42 Å². The summed E-state index contributed by atoms with van der Waals surface area (Å²) in [5.74, 6) is 0.795. The molecule has 0 aromatic heterocycles. The highest BCUT2D eigenvalue weighted by Gasteiger charge is 2.24. The average Bonchev–Trinajstić information content (AvgIpc) is 2.72. The Balaban J connectivity index is 2.06. The normalized spacial score (nSPS) is 13.1. The van der Waals surface area contributed by atoms with Gasteiger partial charge in [0.2, 0.25) is 0 Å². The number of nitrogens with one attached hydrogen (secondary N) is 1. The maximum Gasteiger partial charge on any atom is 0.404 e. The highest BCUT2D eigenvalue weighted by atomic mass is 32.2. The molecule has 0 spiro atoms. The molecule has 29 heavy (non-hydrogen) atoms. The van der Waals surface area contributed by atoms with Gasteiger partial charge in [0.15, 0.2) is 0 Å². The predicted molar refractivity (Wildman–Crippen MR) is 116 cm³/mol. The molecule has 2 aromatic rings. The summed E-state index contributed by atoms with van der Waals surface area (Å²) in [6.07, 6.45) is 0.493. The first kappa shape index (κ1) is 23.1. The Morgan fingerprint density at radius 2 is 1.86 bits per heavy atom. The number of nitrogens with zero attached hydrogens (tertiary/aromatic N) is 1. The van der Waals surface area contributed by atoms with Gasteiger partial charge in [0.1, 0.15) is 5.75 Å². The van der Waals surface area contributed by atoms with Crippen molar-refractivity contribution in [2.45, 2.75) is 43.2 Å². The lowest BCUT2D eigenvalue weighted by Gasteiger charge is -2.29. The van der Waals surface area contributed by atoms with E-state index >= 15 is 0 Å². The van der Waals surface area contributed by atoms with Gasteiger partial charge in [-0.25, -0.2) is 9.10 Å². The van der Waals surface area contributed by atoms with E-state index in [1.54, 1.807) is 19.1 Å².